The van der Waals surface area contributed by atoms with Crippen molar-refractivity contribution in [1.29, 1.82) is 0 Å². The summed E-state index contributed by atoms with van der Waals surface area (Å²) in [6.45, 7) is 2.38. The van der Waals surface area contributed by atoms with Gasteiger partial charge in [0.2, 0.25) is 0 Å². The number of aromatic nitrogens is 2. The van der Waals surface area contributed by atoms with Crippen LogP contribution in [0.1, 0.15) is 21.1 Å². The number of amides is 1. The first-order valence-electron chi connectivity index (χ1n) is 5.97. The van der Waals surface area contributed by atoms with Crippen molar-refractivity contribution in [2.45, 2.75) is 13.5 Å². The van der Waals surface area contributed by atoms with Gasteiger partial charge in [0.15, 0.2) is 5.13 Å². The minimum atomic E-state index is -0.121. The van der Waals surface area contributed by atoms with Gasteiger partial charge >= 0.3 is 0 Å². The van der Waals surface area contributed by atoms with Crippen molar-refractivity contribution >= 4 is 43.9 Å². The van der Waals surface area contributed by atoms with Gasteiger partial charge in [-0.1, -0.05) is 11.3 Å². The van der Waals surface area contributed by atoms with Crippen LogP contribution in [0.5, 0.6) is 0 Å². The highest BCUT2D eigenvalue weighted by atomic mass is 32.1. The number of rotatable bonds is 3. The van der Waals surface area contributed by atoms with Crippen LogP contribution < -0.4 is 11.1 Å². The lowest BCUT2D eigenvalue weighted by Gasteiger charge is -2.03. The Kier molecular flexibility index (Phi) is 3.37. The fourth-order valence-electron chi connectivity index (χ4n) is 1.85. The van der Waals surface area contributed by atoms with Crippen molar-refractivity contribution in [2.24, 2.45) is 0 Å². The van der Waals surface area contributed by atoms with E-state index in [-0.39, 0.29) is 5.91 Å². The van der Waals surface area contributed by atoms with Crippen molar-refractivity contribution < 1.29 is 4.79 Å². The molecule has 0 atom stereocenters. The number of benzene rings is 1. The van der Waals surface area contributed by atoms with Gasteiger partial charge in [0.1, 0.15) is 0 Å². The van der Waals surface area contributed by atoms with Crippen LogP contribution in [0.2, 0.25) is 0 Å². The molecule has 0 bridgehead atoms. The highest BCUT2D eigenvalue weighted by Crippen LogP contribution is 2.24. The smallest absolute Gasteiger partial charge is 0.251 e. The molecule has 0 unspecified atom stereocenters. The summed E-state index contributed by atoms with van der Waals surface area (Å²) in [7, 11) is 0. The van der Waals surface area contributed by atoms with Crippen LogP contribution in [-0.2, 0) is 6.54 Å². The standard InChI is InChI=1S/C13H12N4OS2/c1-7-16-9(6-19-7)5-15-12(18)8-2-3-10-11(4-8)20-13(14)17-10/h2-4,6H,5H2,1H3,(H2,14,17)(H,15,18). The molecule has 3 rings (SSSR count). The van der Waals surface area contributed by atoms with Gasteiger partial charge in [-0.2, -0.15) is 0 Å². The second-order valence-electron chi connectivity index (χ2n) is 4.28. The van der Waals surface area contributed by atoms with Crippen molar-refractivity contribution in [3.8, 4) is 0 Å². The van der Waals surface area contributed by atoms with Crippen molar-refractivity contribution in [3.63, 3.8) is 0 Å². The third kappa shape index (κ3) is 2.63. The molecule has 20 heavy (non-hydrogen) atoms. The van der Waals surface area contributed by atoms with Gasteiger partial charge in [-0.05, 0) is 25.1 Å². The largest absolute Gasteiger partial charge is 0.375 e. The Labute approximate surface area is 123 Å². The lowest BCUT2D eigenvalue weighted by atomic mass is 10.2. The highest BCUT2D eigenvalue weighted by Gasteiger charge is 2.09. The van der Waals surface area contributed by atoms with Crippen LogP contribution in [0.4, 0.5) is 5.13 Å². The van der Waals surface area contributed by atoms with E-state index >= 15 is 0 Å². The molecule has 0 saturated heterocycles. The minimum Gasteiger partial charge on any atom is -0.375 e. The lowest BCUT2D eigenvalue weighted by Crippen LogP contribution is -2.22. The highest BCUT2D eigenvalue weighted by molar-refractivity contribution is 7.22. The average molecular weight is 304 g/mol. The Bertz CT molecular complexity index is 778. The van der Waals surface area contributed by atoms with E-state index < -0.39 is 0 Å². The summed E-state index contributed by atoms with van der Waals surface area (Å²) in [6.07, 6.45) is 0. The number of aryl methyl sites for hydroxylation is 1. The zero-order chi connectivity index (χ0) is 14.1. The third-order valence-corrected chi connectivity index (χ3v) is 4.43. The van der Waals surface area contributed by atoms with Gasteiger partial charge in [0.25, 0.3) is 5.91 Å². The number of nitrogens with one attached hydrogen (secondary N) is 1. The van der Waals surface area contributed by atoms with E-state index in [1.165, 1.54) is 11.3 Å². The number of hydrogen-bond acceptors (Lipinski definition) is 6. The minimum absolute atomic E-state index is 0.121. The van der Waals surface area contributed by atoms with E-state index in [1.54, 1.807) is 17.4 Å². The van der Waals surface area contributed by atoms with E-state index in [0.29, 0.717) is 17.2 Å². The molecule has 7 heteroatoms. The Balaban J connectivity index is 1.74. The van der Waals surface area contributed by atoms with E-state index in [9.17, 15) is 4.79 Å². The summed E-state index contributed by atoms with van der Waals surface area (Å²) in [6, 6.07) is 5.37. The van der Waals surface area contributed by atoms with Crippen molar-refractivity contribution in [1.82, 2.24) is 15.3 Å². The zero-order valence-corrected chi connectivity index (χ0v) is 12.3. The molecule has 0 spiro atoms. The van der Waals surface area contributed by atoms with Gasteiger partial charge in [0.05, 0.1) is 27.5 Å². The summed E-state index contributed by atoms with van der Waals surface area (Å²) in [5, 5.41) is 6.31. The fraction of sp³-hybridized carbons (Fsp3) is 0.154. The number of carbonyl (C=O) groups is 1. The number of thiazole rings is 2. The number of hydrogen-bond donors (Lipinski definition) is 2. The number of nitrogens with zero attached hydrogens (tertiary/aromatic N) is 2. The lowest BCUT2D eigenvalue weighted by molar-refractivity contribution is 0.0950. The Morgan fingerprint density at radius 3 is 3.00 bits per heavy atom. The van der Waals surface area contributed by atoms with Crippen molar-refractivity contribution in [2.75, 3.05) is 5.73 Å². The monoisotopic (exact) mass is 304 g/mol. The molecule has 3 N–H and O–H groups in total. The van der Waals surface area contributed by atoms with Crippen LogP contribution in [0.15, 0.2) is 23.6 Å². The number of anilines is 1. The van der Waals surface area contributed by atoms with E-state index in [0.717, 1.165) is 20.9 Å². The number of fused-ring (bicyclic) bond motifs is 1. The molecule has 3 aromatic rings. The number of carbonyl (C=O) groups excluding carboxylic acids is 1. The van der Waals surface area contributed by atoms with E-state index in [4.69, 9.17) is 5.73 Å². The Morgan fingerprint density at radius 1 is 1.40 bits per heavy atom. The van der Waals surface area contributed by atoms with Gasteiger partial charge in [-0.25, -0.2) is 9.97 Å². The first-order chi connectivity index (χ1) is 9.61. The maximum absolute atomic E-state index is 12.1. The summed E-state index contributed by atoms with van der Waals surface area (Å²) in [5.74, 6) is -0.121. The second-order valence-corrected chi connectivity index (χ2v) is 6.40. The van der Waals surface area contributed by atoms with Gasteiger partial charge in [-0.15, -0.1) is 11.3 Å². The molecule has 0 aliphatic carbocycles. The second kappa shape index (κ2) is 5.18. The SMILES string of the molecule is Cc1nc(CNC(=O)c2ccc3nc(N)sc3c2)cs1. The molecule has 0 fully saturated rings. The molecule has 0 radical (unpaired) electrons. The van der Waals surface area contributed by atoms with Crippen LogP contribution in [0.25, 0.3) is 10.2 Å². The normalized spacial score (nSPS) is 10.8. The van der Waals surface area contributed by atoms with E-state index in [1.807, 2.05) is 24.4 Å². The molecule has 1 amide bonds. The van der Waals surface area contributed by atoms with Crippen molar-refractivity contribution in [3.05, 3.63) is 39.8 Å². The summed E-state index contributed by atoms with van der Waals surface area (Å²) in [5.41, 5.74) is 7.96. The predicted octanol–water partition coefficient (Wildman–Crippen LogP) is 2.57. The maximum atomic E-state index is 12.1. The molecule has 5 nitrogen and oxygen atoms in total. The van der Waals surface area contributed by atoms with Gasteiger partial charge < -0.3 is 11.1 Å². The van der Waals surface area contributed by atoms with Crippen LogP contribution >= 0.6 is 22.7 Å². The Morgan fingerprint density at radius 2 is 2.25 bits per heavy atom. The maximum Gasteiger partial charge on any atom is 0.251 e. The van der Waals surface area contributed by atoms with Crippen LogP contribution in [-0.4, -0.2) is 15.9 Å². The molecule has 102 valence electrons. The fourth-order valence-corrected chi connectivity index (χ4v) is 3.23. The molecule has 2 heterocycles. The first kappa shape index (κ1) is 13.0. The topological polar surface area (TPSA) is 80.9 Å². The molecular formula is C13H12N4OS2. The molecule has 1 aromatic carbocycles. The molecule has 2 aromatic heterocycles. The zero-order valence-electron chi connectivity index (χ0n) is 10.7. The number of nitrogen functional groups attached to an aromatic ring is 1. The summed E-state index contributed by atoms with van der Waals surface area (Å²) < 4.78 is 0.916. The molecular weight excluding hydrogens is 292 g/mol. The summed E-state index contributed by atoms with van der Waals surface area (Å²) in [4.78, 5) is 20.6. The van der Waals surface area contributed by atoms with Crippen LogP contribution in [0, 0.1) is 6.92 Å². The molecule has 0 aliphatic rings. The average Bonchev–Trinajstić information content (AvgIpc) is 2.99. The van der Waals surface area contributed by atoms with Gasteiger partial charge in [0, 0.05) is 10.9 Å². The predicted molar refractivity (Wildman–Crippen MR) is 82.1 cm³/mol. The molecule has 0 aliphatic heterocycles. The summed E-state index contributed by atoms with van der Waals surface area (Å²) >= 11 is 2.95. The first-order valence-corrected chi connectivity index (χ1v) is 7.67. The quantitative estimate of drug-likeness (QED) is 0.779. The Hall–Kier alpha value is -1.99. The number of nitrogens with two attached hydrogens (primary N) is 1. The van der Waals surface area contributed by atoms with E-state index in [2.05, 4.69) is 15.3 Å². The molecule has 0 saturated carbocycles. The van der Waals surface area contributed by atoms with Gasteiger partial charge in [-0.3, -0.25) is 4.79 Å². The van der Waals surface area contributed by atoms with Crippen LogP contribution in [0.3, 0.4) is 0 Å². The third-order valence-electron chi connectivity index (χ3n) is 2.76.